The normalized spacial score (nSPS) is 14.1. The fourth-order valence-electron chi connectivity index (χ4n) is 1.57. The molecule has 16 heavy (non-hydrogen) atoms. The average molecular weight is 230 g/mol. The largest absolute Gasteiger partial charge is 0.431 e. The summed E-state index contributed by atoms with van der Waals surface area (Å²) in [5, 5.41) is 1.11. The summed E-state index contributed by atoms with van der Waals surface area (Å²) in [6.45, 7) is 2.07. The van der Waals surface area contributed by atoms with Crippen molar-refractivity contribution in [2.24, 2.45) is 0 Å². The van der Waals surface area contributed by atoms with Crippen LogP contribution in [-0.4, -0.2) is 0 Å². The summed E-state index contributed by atoms with van der Waals surface area (Å²) in [4.78, 5) is 0. The molecule has 2 nitrogen and oxygen atoms in total. The van der Waals surface area contributed by atoms with Crippen molar-refractivity contribution in [1.29, 1.82) is 0 Å². The summed E-state index contributed by atoms with van der Waals surface area (Å²) in [7, 11) is -0.979. The summed E-state index contributed by atoms with van der Waals surface area (Å²) in [6, 6.07) is 16.1. The molecule has 3 heteroatoms. The van der Waals surface area contributed by atoms with Gasteiger partial charge < -0.3 is 9.05 Å². The summed E-state index contributed by atoms with van der Waals surface area (Å²) in [5.74, 6) is 1.68. The Hall–Kier alpha value is -1.53. The number of hydrogen-bond acceptors (Lipinski definition) is 2. The van der Waals surface area contributed by atoms with Crippen molar-refractivity contribution in [3.63, 3.8) is 0 Å². The zero-order valence-electron chi connectivity index (χ0n) is 8.88. The SMILES string of the molecule is Cc1ccc(P2Oc3ccccc3O2)cc1. The highest BCUT2D eigenvalue weighted by Crippen LogP contribution is 2.51. The first-order valence-corrected chi connectivity index (χ1v) is 6.32. The first-order valence-electron chi connectivity index (χ1n) is 5.15. The van der Waals surface area contributed by atoms with Crippen molar-refractivity contribution in [2.45, 2.75) is 6.92 Å². The second-order valence-electron chi connectivity index (χ2n) is 3.72. The van der Waals surface area contributed by atoms with Crippen LogP contribution in [0.3, 0.4) is 0 Å². The maximum atomic E-state index is 5.78. The molecular formula is C13H11O2P. The summed E-state index contributed by atoms with van der Waals surface area (Å²) >= 11 is 0. The minimum Gasteiger partial charge on any atom is -0.431 e. The van der Waals surface area contributed by atoms with Crippen LogP contribution in [0.1, 0.15) is 5.56 Å². The van der Waals surface area contributed by atoms with E-state index in [0.29, 0.717) is 0 Å². The van der Waals surface area contributed by atoms with Gasteiger partial charge in [0.25, 0.3) is 0 Å². The number of para-hydroxylation sites is 2. The van der Waals surface area contributed by atoms with E-state index in [1.807, 2.05) is 24.3 Å². The van der Waals surface area contributed by atoms with Gasteiger partial charge in [0.15, 0.2) is 11.5 Å². The minimum absolute atomic E-state index is 0.842. The summed E-state index contributed by atoms with van der Waals surface area (Å²) < 4.78 is 11.6. The van der Waals surface area contributed by atoms with Crippen molar-refractivity contribution < 1.29 is 9.05 Å². The van der Waals surface area contributed by atoms with Crippen LogP contribution >= 0.6 is 8.38 Å². The van der Waals surface area contributed by atoms with Crippen LogP contribution in [0, 0.1) is 6.92 Å². The first-order chi connectivity index (χ1) is 7.83. The molecule has 0 unspecified atom stereocenters. The Morgan fingerprint density at radius 2 is 1.38 bits per heavy atom. The molecule has 0 aromatic heterocycles. The maximum absolute atomic E-state index is 5.78. The van der Waals surface area contributed by atoms with Gasteiger partial charge in [-0.05, 0) is 31.2 Å². The lowest BCUT2D eigenvalue weighted by Crippen LogP contribution is -2.04. The van der Waals surface area contributed by atoms with Crippen LogP contribution in [0.15, 0.2) is 48.5 Å². The van der Waals surface area contributed by atoms with E-state index in [4.69, 9.17) is 9.05 Å². The number of aryl methyl sites for hydroxylation is 1. The van der Waals surface area contributed by atoms with E-state index >= 15 is 0 Å². The smallest absolute Gasteiger partial charge is 0.326 e. The lowest BCUT2D eigenvalue weighted by atomic mass is 10.2. The monoisotopic (exact) mass is 230 g/mol. The van der Waals surface area contributed by atoms with Crippen LogP contribution < -0.4 is 14.4 Å². The van der Waals surface area contributed by atoms with Gasteiger partial charge in [-0.15, -0.1) is 0 Å². The van der Waals surface area contributed by atoms with E-state index in [0.717, 1.165) is 16.8 Å². The lowest BCUT2D eigenvalue weighted by molar-refractivity contribution is 0.587. The van der Waals surface area contributed by atoms with Gasteiger partial charge in [-0.2, -0.15) is 0 Å². The molecule has 0 spiro atoms. The van der Waals surface area contributed by atoms with Crippen LogP contribution in [0.2, 0.25) is 0 Å². The second kappa shape index (κ2) is 3.80. The Labute approximate surface area is 95.7 Å². The Morgan fingerprint density at radius 3 is 1.94 bits per heavy atom. The predicted molar refractivity (Wildman–Crippen MR) is 65.4 cm³/mol. The highest BCUT2D eigenvalue weighted by Gasteiger charge is 2.26. The van der Waals surface area contributed by atoms with Gasteiger partial charge in [0.2, 0.25) is 0 Å². The number of fused-ring (bicyclic) bond motifs is 1. The Kier molecular flexibility index (Phi) is 2.30. The van der Waals surface area contributed by atoms with E-state index in [2.05, 4.69) is 31.2 Å². The third-order valence-corrected chi connectivity index (χ3v) is 3.90. The van der Waals surface area contributed by atoms with Crippen molar-refractivity contribution in [2.75, 3.05) is 0 Å². The lowest BCUT2D eigenvalue weighted by Gasteiger charge is -2.07. The molecule has 0 amide bonds. The van der Waals surface area contributed by atoms with E-state index in [1.165, 1.54) is 5.56 Å². The summed E-state index contributed by atoms with van der Waals surface area (Å²) in [5.41, 5.74) is 1.25. The van der Waals surface area contributed by atoms with E-state index in [9.17, 15) is 0 Å². The first kappa shape index (κ1) is 9.68. The van der Waals surface area contributed by atoms with Gasteiger partial charge in [0.05, 0.1) is 5.30 Å². The molecule has 1 heterocycles. The molecule has 1 aliphatic heterocycles. The molecule has 80 valence electrons. The maximum Gasteiger partial charge on any atom is 0.326 e. The fraction of sp³-hybridized carbons (Fsp3) is 0.0769. The minimum atomic E-state index is -0.979. The molecule has 0 N–H and O–H groups in total. The average Bonchev–Trinajstić information content (AvgIpc) is 2.73. The molecule has 1 aliphatic rings. The molecule has 3 rings (SSSR count). The van der Waals surface area contributed by atoms with Gasteiger partial charge in [-0.3, -0.25) is 0 Å². The molecule has 2 aromatic rings. The Bertz CT molecular complexity index is 483. The molecule has 0 saturated carbocycles. The Balaban J connectivity index is 1.88. The second-order valence-corrected chi connectivity index (χ2v) is 5.12. The zero-order valence-corrected chi connectivity index (χ0v) is 9.78. The molecule has 0 fully saturated rings. The van der Waals surface area contributed by atoms with Crippen molar-refractivity contribution in [3.8, 4) is 11.5 Å². The van der Waals surface area contributed by atoms with Gasteiger partial charge in [0, 0.05) is 0 Å². The van der Waals surface area contributed by atoms with Crippen molar-refractivity contribution in [1.82, 2.24) is 0 Å². The zero-order chi connectivity index (χ0) is 11.0. The number of hydrogen-bond donors (Lipinski definition) is 0. The van der Waals surface area contributed by atoms with Crippen LogP contribution in [0.4, 0.5) is 0 Å². The van der Waals surface area contributed by atoms with Gasteiger partial charge in [-0.1, -0.05) is 29.8 Å². The number of rotatable bonds is 1. The predicted octanol–water partition coefficient (Wildman–Crippen LogP) is 3.40. The fourth-order valence-corrected chi connectivity index (χ4v) is 2.87. The van der Waals surface area contributed by atoms with Crippen molar-refractivity contribution in [3.05, 3.63) is 54.1 Å². The molecule has 0 atom stereocenters. The van der Waals surface area contributed by atoms with Crippen LogP contribution in [0.25, 0.3) is 0 Å². The van der Waals surface area contributed by atoms with Gasteiger partial charge in [0.1, 0.15) is 0 Å². The third kappa shape index (κ3) is 1.66. The third-order valence-electron chi connectivity index (χ3n) is 2.46. The topological polar surface area (TPSA) is 18.5 Å². The van der Waals surface area contributed by atoms with Gasteiger partial charge >= 0.3 is 8.38 Å². The molecule has 0 aliphatic carbocycles. The standard InChI is InChI=1S/C13H11O2P/c1-10-6-8-11(9-7-10)16-14-12-4-2-3-5-13(12)15-16/h2-9H,1H3. The molecular weight excluding hydrogens is 219 g/mol. The Morgan fingerprint density at radius 1 is 0.812 bits per heavy atom. The number of benzene rings is 2. The van der Waals surface area contributed by atoms with E-state index in [1.54, 1.807) is 0 Å². The van der Waals surface area contributed by atoms with E-state index < -0.39 is 8.38 Å². The molecule has 0 bridgehead atoms. The van der Waals surface area contributed by atoms with Crippen LogP contribution in [0.5, 0.6) is 11.5 Å². The molecule has 0 radical (unpaired) electrons. The van der Waals surface area contributed by atoms with Gasteiger partial charge in [-0.25, -0.2) is 0 Å². The molecule has 0 saturated heterocycles. The van der Waals surface area contributed by atoms with E-state index in [-0.39, 0.29) is 0 Å². The molecule has 2 aromatic carbocycles. The van der Waals surface area contributed by atoms with Crippen LogP contribution in [-0.2, 0) is 0 Å². The quantitative estimate of drug-likeness (QED) is 0.699. The highest BCUT2D eigenvalue weighted by atomic mass is 31.2. The summed E-state index contributed by atoms with van der Waals surface area (Å²) in [6.07, 6.45) is 0. The van der Waals surface area contributed by atoms with Crippen molar-refractivity contribution >= 4 is 13.7 Å². The highest BCUT2D eigenvalue weighted by molar-refractivity contribution is 7.57.